The largest absolute Gasteiger partial charge is 0.366 e. The van der Waals surface area contributed by atoms with Crippen LogP contribution < -0.4 is 10.7 Å². The van der Waals surface area contributed by atoms with E-state index in [1.807, 2.05) is 4.98 Å². The van der Waals surface area contributed by atoms with Crippen molar-refractivity contribution in [2.75, 3.05) is 0 Å². The highest BCUT2D eigenvalue weighted by molar-refractivity contribution is 6.13. The van der Waals surface area contributed by atoms with Crippen LogP contribution in [0, 0.1) is 0 Å². The summed E-state index contributed by atoms with van der Waals surface area (Å²) >= 11 is 0. The minimum Gasteiger partial charge on any atom is -0.366 e. The molecule has 3 nitrogen and oxygen atoms in total. The number of amides is 2. The van der Waals surface area contributed by atoms with E-state index in [1.165, 1.54) is 0 Å². The highest BCUT2D eigenvalue weighted by Gasteiger charge is 1.73. The molecule has 0 atom stereocenters. The lowest BCUT2D eigenvalue weighted by Crippen LogP contribution is -2.26. The summed E-state index contributed by atoms with van der Waals surface area (Å²) in [5.74, 6) is 0. The Bertz CT molecular complexity index is 44.9. The van der Waals surface area contributed by atoms with Gasteiger partial charge in [-0.2, -0.15) is 0 Å². The van der Waals surface area contributed by atoms with Crippen molar-refractivity contribution in [2.45, 2.75) is 0 Å². The zero-order valence-corrected chi connectivity index (χ0v) is 3.49. The van der Waals surface area contributed by atoms with E-state index in [1.54, 1.807) is 0 Å². The molecule has 3 N–H and O–H groups in total. The lowest BCUT2D eigenvalue weighted by atomic mass is 11.2. The van der Waals surface area contributed by atoms with Crippen LogP contribution >= 0.6 is 0 Å². The number of hydrogen-bond donors (Lipinski definition) is 2. The fourth-order valence-electron chi connectivity index (χ4n) is 0. The first kappa shape index (κ1) is 4.49. The summed E-state index contributed by atoms with van der Waals surface area (Å²) in [4.78, 5) is 11.4. The molecule has 0 heterocycles. The van der Waals surface area contributed by atoms with Gasteiger partial charge in [0.05, 0.1) is 0 Å². The molecule has 0 aromatic heterocycles. The van der Waals surface area contributed by atoms with Crippen molar-refractivity contribution < 1.29 is 4.79 Å². The fraction of sp³-hybridized carbons (Fsp3) is 0. The van der Waals surface area contributed by atoms with Crippen molar-refractivity contribution in [1.29, 1.82) is 0 Å². The highest BCUT2D eigenvalue weighted by Crippen LogP contribution is 1.37. The number of carbonyl (C=O) groups is 1. The van der Waals surface area contributed by atoms with Crippen LogP contribution in [0.3, 0.4) is 0 Å². The van der Waals surface area contributed by atoms with Crippen LogP contribution in [0.15, 0.2) is 0 Å². The maximum absolute atomic E-state index is 9.43. The smallest absolute Gasteiger partial charge is 0.303 e. The molecule has 0 fully saturated rings. The maximum atomic E-state index is 9.43. The zero-order chi connectivity index (χ0) is 4.28. The normalized spacial score (nSPS) is 6.60. The molecule has 3 radical (unpaired) electrons. The van der Waals surface area contributed by atoms with Crippen molar-refractivity contribution in [3.63, 3.8) is 0 Å². The minimum absolute atomic E-state index is 0.582. The predicted molar refractivity (Wildman–Crippen MR) is 18.5 cm³/mol. The highest BCUT2D eigenvalue weighted by atomic mass is 28.2. The minimum atomic E-state index is -0.582. The molecule has 4 heteroatoms. The molecule has 5 heavy (non-hydrogen) atoms. The quantitative estimate of drug-likeness (QED) is 0.356. The number of nitrogens with one attached hydrogen (secondary N) is 1. The lowest BCUT2D eigenvalue weighted by Gasteiger charge is -1.79. The molecule has 2 amide bonds. The molecule has 0 spiro atoms. The van der Waals surface area contributed by atoms with Crippen LogP contribution in [-0.4, -0.2) is 16.4 Å². The second-order valence-corrected chi connectivity index (χ2v) is 0.739. The third-order valence-electron chi connectivity index (χ3n) is 0.123. The van der Waals surface area contributed by atoms with E-state index in [4.69, 9.17) is 0 Å². The molecular formula is CH3N2OSi. The average molecular weight is 87.1 g/mol. The van der Waals surface area contributed by atoms with Gasteiger partial charge in [0.1, 0.15) is 0 Å². The summed E-state index contributed by atoms with van der Waals surface area (Å²) in [6.07, 6.45) is 0. The monoisotopic (exact) mass is 87.0 g/mol. The first-order valence-corrected chi connectivity index (χ1v) is 1.49. The third-order valence-corrected chi connectivity index (χ3v) is 0.370. The third kappa shape index (κ3) is 3.49. The topological polar surface area (TPSA) is 55.1 Å². The van der Waals surface area contributed by atoms with E-state index in [9.17, 15) is 4.79 Å². The number of rotatable bonds is 0. The van der Waals surface area contributed by atoms with E-state index in [2.05, 4.69) is 16.1 Å². The number of hydrogen-bond acceptors (Lipinski definition) is 1. The predicted octanol–water partition coefficient (Wildman–Crippen LogP) is -1.26. The van der Waals surface area contributed by atoms with Crippen LogP contribution in [0.1, 0.15) is 0 Å². The van der Waals surface area contributed by atoms with Crippen LogP contribution in [0.4, 0.5) is 4.79 Å². The van der Waals surface area contributed by atoms with Crippen LogP contribution in [0.25, 0.3) is 0 Å². The van der Waals surface area contributed by atoms with E-state index in [0.717, 1.165) is 0 Å². The van der Waals surface area contributed by atoms with Crippen LogP contribution in [0.5, 0.6) is 0 Å². The standard InChI is InChI=1S/CH3N2OSi/c2-1(4)3-5/h(H3,2,3,4). The summed E-state index contributed by atoms with van der Waals surface area (Å²) in [5, 5.41) is 0. The first-order chi connectivity index (χ1) is 2.27. The molecular weight excluding hydrogens is 84.1 g/mol. The zero-order valence-electron chi connectivity index (χ0n) is 2.49. The van der Waals surface area contributed by atoms with Gasteiger partial charge in [-0.15, -0.1) is 0 Å². The molecule has 0 aromatic rings. The maximum Gasteiger partial charge on any atom is 0.303 e. The summed E-state index contributed by atoms with van der Waals surface area (Å²) < 4.78 is 0. The Morgan fingerprint density at radius 2 is 2.20 bits per heavy atom. The molecule has 0 saturated carbocycles. The van der Waals surface area contributed by atoms with Gasteiger partial charge in [0.15, 0.2) is 10.4 Å². The fourth-order valence-corrected chi connectivity index (χ4v) is 0. The number of urea groups is 1. The Balaban J connectivity index is 2.85. The second kappa shape index (κ2) is 1.77. The first-order valence-electron chi connectivity index (χ1n) is 0.993. The summed E-state index contributed by atoms with van der Waals surface area (Å²) in [6, 6.07) is -0.582. The van der Waals surface area contributed by atoms with Gasteiger partial charge in [0.2, 0.25) is 0 Å². The summed E-state index contributed by atoms with van der Waals surface area (Å²) in [5.41, 5.74) is 4.49. The van der Waals surface area contributed by atoms with Gasteiger partial charge >= 0.3 is 6.03 Å². The number of primary amides is 1. The Hall–Kier alpha value is -0.513. The Morgan fingerprint density at radius 3 is 2.20 bits per heavy atom. The van der Waals surface area contributed by atoms with Gasteiger partial charge in [-0.05, 0) is 0 Å². The van der Waals surface area contributed by atoms with Crippen molar-refractivity contribution in [2.24, 2.45) is 5.73 Å². The van der Waals surface area contributed by atoms with E-state index in [0.29, 0.717) is 0 Å². The average Bonchev–Trinajstić information content (AvgIpc) is 1.38. The van der Waals surface area contributed by atoms with Crippen molar-refractivity contribution in [1.82, 2.24) is 4.98 Å². The van der Waals surface area contributed by atoms with Crippen LogP contribution in [-0.2, 0) is 0 Å². The molecule has 0 unspecified atom stereocenters. The molecule has 0 aromatic carbocycles. The lowest BCUT2D eigenvalue weighted by molar-refractivity contribution is 0.254. The van der Waals surface area contributed by atoms with Crippen molar-refractivity contribution in [3.8, 4) is 0 Å². The Labute approximate surface area is 33.0 Å². The summed E-state index contributed by atoms with van der Waals surface area (Å²) in [6.45, 7) is 0. The van der Waals surface area contributed by atoms with E-state index < -0.39 is 6.03 Å². The van der Waals surface area contributed by atoms with Crippen LogP contribution in [0.2, 0.25) is 0 Å². The van der Waals surface area contributed by atoms with Gasteiger partial charge in [0.25, 0.3) is 0 Å². The molecule has 0 saturated heterocycles. The van der Waals surface area contributed by atoms with Gasteiger partial charge < -0.3 is 10.7 Å². The van der Waals surface area contributed by atoms with Crippen molar-refractivity contribution >= 4 is 16.4 Å². The van der Waals surface area contributed by atoms with E-state index in [-0.39, 0.29) is 0 Å². The van der Waals surface area contributed by atoms with Gasteiger partial charge in [-0.25, -0.2) is 0 Å². The molecule has 0 aliphatic heterocycles. The van der Waals surface area contributed by atoms with E-state index >= 15 is 0 Å². The number of nitrogens with two attached hydrogens (primary N) is 1. The molecule has 0 aliphatic rings. The molecule has 27 valence electrons. The second-order valence-electron chi connectivity index (χ2n) is 0.489. The van der Waals surface area contributed by atoms with Gasteiger partial charge in [0, 0.05) is 0 Å². The SMILES string of the molecule is NC(=O)N[Si]. The van der Waals surface area contributed by atoms with Gasteiger partial charge in [-0.3, -0.25) is 4.79 Å². The number of carbonyl (C=O) groups excluding carboxylic acids is 1. The Kier molecular flexibility index (Phi) is 1.59. The Morgan fingerprint density at radius 1 is 2.00 bits per heavy atom. The summed E-state index contributed by atoms with van der Waals surface area (Å²) in [7, 11) is 2.63. The molecule has 0 aliphatic carbocycles. The van der Waals surface area contributed by atoms with Gasteiger partial charge in [-0.1, -0.05) is 0 Å². The van der Waals surface area contributed by atoms with Crippen molar-refractivity contribution in [3.05, 3.63) is 0 Å². The molecule has 0 bridgehead atoms. The molecule has 0 rings (SSSR count).